The van der Waals surface area contributed by atoms with Gasteiger partial charge >= 0.3 is 6.18 Å². The van der Waals surface area contributed by atoms with Gasteiger partial charge in [0.15, 0.2) is 5.82 Å². The maximum Gasteiger partial charge on any atom is 0.417 e. The van der Waals surface area contributed by atoms with Crippen LogP contribution in [0.5, 0.6) is 0 Å². The summed E-state index contributed by atoms with van der Waals surface area (Å²) in [4.78, 5) is 3.27. The van der Waals surface area contributed by atoms with Crippen LogP contribution in [0.25, 0.3) is 0 Å². The van der Waals surface area contributed by atoms with Crippen molar-refractivity contribution in [3.63, 3.8) is 0 Å². The average molecular weight is 412 g/mol. The Labute approximate surface area is 153 Å². The van der Waals surface area contributed by atoms with E-state index < -0.39 is 26.7 Å². The van der Waals surface area contributed by atoms with Crippen LogP contribution in [0, 0.1) is 0 Å². The molecular weight excluding hydrogens is 395 g/mol. The fourth-order valence-electron chi connectivity index (χ4n) is 2.09. The average Bonchev–Trinajstić information content (AvgIpc) is 2.99. The molecule has 0 saturated carbocycles. The minimum absolute atomic E-state index is 0.0817. The molecule has 144 valence electrons. The Morgan fingerprint density at radius 2 is 2.00 bits per heavy atom. The summed E-state index contributed by atoms with van der Waals surface area (Å²) in [5, 5.41) is 3.58. The zero-order valence-corrected chi connectivity index (χ0v) is 15.5. The number of alkyl halides is 3. The molecule has 1 aromatic heterocycles. The van der Waals surface area contributed by atoms with Crippen LogP contribution in [0.15, 0.2) is 27.6 Å². The Hall–Kier alpha value is -1.65. The van der Waals surface area contributed by atoms with Crippen molar-refractivity contribution in [1.82, 2.24) is 14.9 Å². The fourth-order valence-corrected chi connectivity index (χ4v) is 3.54. The van der Waals surface area contributed by atoms with Crippen molar-refractivity contribution in [3.05, 3.63) is 40.5 Å². The molecule has 6 nitrogen and oxygen atoms in total. The van der Waals surface area contributed by atoms with Crippen LogP contribution in [-0.4, -0.2) is 25.1 Å². The van der Waals surface area contributed by atoms with Crippen molar-refractivity contribution in [3.8, 4) is 0 Å². The number of hydrogen-bond acceptors (Lipinski definition) is 5. The van der Waals surface area contributed by atoms with Crippen molar-refractivity contribution in [2.45, 2.75) is 43.7 Å². The smallest absolute Gasteiger partial charge is 0.339 e. The molecule has 1 aromatic carbocycles. The van der Waals surface area contributed by atoms with Gasteiger partial charge in [-0.25, -0.2) is 13.1 Å². The molecule has 0 radical (unpaired) electrons. The van der Waals surface area contributed by atoms with Crippen molar-refractivity contribution in [2.75, 3.05) is 6.54 Å². The number of rotatable bonds is 7. The lowest BCUT2D eigenvalue weighted by Crippen LogP contribution is -2.27. The van der Waals surface area contributed by atoms with Crippen LogP contribution >= 0.6 is 11.6 Å². The SMILES string of the molecule is CC(C)c1noc(CCCNS(=O)(=O)c2ccc(Cl)cc2C(F)(F)F)n1. The molecule has 0 bridgehead atoms. The molecule has 0 aliphatic heterocycles. The van der Waals surface area contributed by atoms with E-state index in [9.17, 15) is 21.6 Å². The highest BCUT2D eigenvalue weighted by Gasteiger charge is 2.37. The molecule has 0 atom stereocenters. The van der Waals surface area contributed by atoms with Crippen LogP contribution in [0.2, 0.25) is 5.02 Å². The van der Waals surface area contributed by atoms with Crippen molar-refractivity contribution in [2.24, 2.45) is 0 Å². The predicted molar refractivity (Wildman–Crippen MR) is 88.4 cm³/mol. The van der Waals surface area contributed by atoms with E-state index >= 15 is 0 Å². The summed E-state index contributed by atoms with van der Waals surface area (Å²) in [6.07, 6.45) is -4.26. The van der Waals surface area contributed by atoms with Gasteiger partial charge in [-0.2, -0.15) is 18.2 Å². The van der Waals surface area contributed by atoms with Gasteiger partial charge in [0.2, 0.25) is 15.9 Å². The molecule has 0 aliphatic rings. The van der Waals surface area contributed by atoms with Gasteiger partial charge in [-0.3, -0.25) is 0 Å². The molecule has 11 heteroatoms. The normalized spacial score (nSPS) is 12.7. The lowest BCUT2D eigenvalue weighted by Gasteiger charge is -2.14. The molecule has 26 heavy (non-hydrogen) atoms. The third kappa shape index (κ3) is 5.18. The number of nitrogens with zero attached hydrogens (tertiary/aromatic N) is 2. The number of halogens is 4. The topological polar surface area (TPSA) is 85.1 Å². The van der Waals surface area contributed by atoms with Crippen molar-refractivity contribution >= 4 is 21.6 Å². The van der Waals surface area contributed by atoms with Crippen LogP contribution in [0.3, 0.4) is 0 Å². The summed E-state index contributed by atoms with van der Waals surface area (Å²) in [5.41, 5.74) is -1.31. The van der Waals surface area contributed by atoms with E-state index in [2.05, 4.69) is 14.9 Å². The summed E-state index contributed by atoms with van der Waals surface area (Å²) in [7, 11) is -4.35. The summed E-state index contributed by atoms with van der Waals surface area (Å²) in [6.45, 7) is 3.71. The first kappa shape index (κ1) is 20.7. The number of nitrogens with one attached hydrogen (secondary N) is 1. The summed E-state index contributed by atoms with van der Waals surface area (Å²) < 4.78 is 70.8. The highest BCUT2D eigenvalue weighted by atomic mass is 35.5. The molecule has 2 rings (SSSR count). The number of aromatic nitrogens is 2. The predicted octanol–water partition coefficient (Wildman–Crippen LogP) is 3.78. The minimum atomic E-state index is -4.84. The minimum Gasteiger partial charge on any atom is -0.339 e. The van der Waals surface area contributed by atoms with E-state index in [1.54, 1.807) is 0 Å². The van der Waals surface area contributed by atoms with E-state index in [1.165, 1.54) is 0 Å². The molecule has 0 spiro atoms. The lowest BCUT2D eigenvalue weighted by atomic mass is 10.2. The molecule has 2 aromatic rings. The maximum absolute atomic E-state index is 13.1. The monoisotopic (exact) mass is 411 g/mol. The van der Waals surface area contributed by atoms with E-state index in [4.69, 9.17) is 16.1 Å². The number of hydrogen-bond donors (Lipinski definition) is 1. The Kier molecular flexibility index (Phi) is 6.30. The third-order valence-corrected chi connectivity index (χ3v) is 5.15. The second-order valence-corrected chi connectivity index (χ2v) is 8.01. The molecule has 0 aliphatic carbocycles. The summed E-state index contributed by atoms with van der Waals surface area (Å²) in [5.74, 6) is 0.976. The molecule has 0 saturated heterocycles. The van der Waals surface area contributed by atoms with E-state index in [0.717, 1.165) is 12.1 Å². The van der Waals surface area contributed by atoms with Crippen LogP contribution < -0.4 is 4.72 Å². The second-order valence-electron chi connectivity index (χ2n) is 5.84. The van der Waals surface area contributed by atoms with E-state index in [-0.39, 0.29) is 23.9 Å². The van der Waals surface area contributed by atoms with Gasteiger partial charge in [0.25, 0.3) is 0 Å². The van der Waals surface area contributed by atoms with Gasteiger partial charge < -0.3 is 4.52 Å². The molecule has 0 fully saturated rings. The van der Waals surface area contributed by atoms with Gasteiger partial charge in [-0.1, -0.05) is 30.6 Å². The molecular formula is C15H17ClF3N3O3S. The first-order valence-corrected chi connectivity index (χ1v) is 9.55. The first-order chi connectivity index (χ1) is 12.0. The Balaban J connectivity index is 2.03. The summed E-state index contributed by atoms with van der Waals surface area (Å²) in [6, 6.07) is 2.51. The zero-order valence-electron chi connectivity index (χ0n) is 14.0. The van der Waals surface area contributed by atoms with Gasteiger partial charge in [0.1, 0.15) is 0 Å². The van der Waals surface area contributed by atoms with Gasteiger partial charge in [0.05, 0.1) is 10.5 Å². The standard InChI is InChI=1S/C15H17ClF3N3O3S/c1-9(2)14-21-13(25-22-14)4-3-7-20-26(23,24)12-6-5-10(16)8-11(12)15(17,18)19/h5-6,8-9,20H,3-4,7H2,1-2H3. The lowest BCUT2D eigenvalue weighted by molar-refractivity contribution is -0.139. The van der Waals surface area contributed by atoms with Gasteiger partial charge in [0, 0.05) is 23.9 Å². The molecule has 1 heterocycles. The first-order valence-electron chi connectivity index (χ1n) is 7.69. The van der Waals surface area contributed by atoms with Crippen molar-refractivity contribution in [1.29, 1.82) is 0 Å². The zero-order chi connectivity index (χ0) is 19.5. The van der Waals surface area contributed by atoms with Crippen LogP contribution in [0.4, 0.5) is 13.2 Å². The molecule has 0 amide bonds. The summed E-state index contributed by atoms with van der Waals surface area (Å²) >= 11 is 5.55. The largest absolute Gasteiger partial charge is 0.417 e. The van der Waals surface area contributed by atoms with Gasteiger partial charge in [-0.05, 0) is 24.6 Å². The van der Waals surface area contributed by atoms with Crippen LogP contribution in [0.1, 0.15) is 43.5 Å². The maximum atomic E-state index is 13.1. The van der Waals surface area contributed by atoms with E-state index in [0.29, 0.717) is 24.2 Å². The number of benzene rings is 1. The number of sulfonamides is 1. The highest BCUT2D eigenvalue weighted by molar-refractivity contribution is 7.89. The Bertz CT molecular complexity index is 867. The fraction of sp³-hybridized carbons (Fsp3) is 0.467. The molecule has 1 N–H and O–H groups in total. The Morgan fingerprint density at radius 1 is 1.31 bits per heavy atom. The van der Waals surface area contributed by atoms with Crippen LogP contribution in [-0.2, 0) is 22.6 Å². The quantitative estimate of drug-likeness (QED) is 0.701. The van der Waals surface area contributed by atoms with Crippen molar-refractivity contribution < 1.29 is 26.1 Å². The Morgan fingerprint density at radius 3 is 2.58 bits per heavy atom. The third-order valence-electron chi connectivity index (χ3n) is 3.40. The molecule has 0 unspecified atom stereocenters. The van der Waals surface area contributed by atoms with E-state index in [1.807, 2.05) is 13.8 Å². The van der Waals surface area contributed by atoms with Gasteiger partial charge in [-0.15, -0.1) is 0 Å². The number of aryl methyl sites for hydroxylation is 1. The highest BCUT2D eigenvalue weighted by Crippen LogP contribution is 2.35. The second kappa shape index (κ2) is 7.93.